The maximum atomic E-state index is 5.96. The van der Waals surface area contributed by atoms with Gasteiger partial charge in [0.25, 0.3) is 0 Å². The van der Waals surface area contributed by atoms with Gasteiger partial charge in [-0.15, -0.1) is 0 Å². The normalized spacial score (nSPS) is 19.2. The van der Waals surface area contributed by atoms with E-state index < -0.39 is 0 Å². The zero-order valence-electron chi connectivity index (χ0n) is 9.75. The zero-order valence-corrected chi connectivity index (χ0v) is 9.75. The maximum absolute atomic E-state index is 5.96. The Balaban J connectivity index is 4.10. The van der Waals surface area contributed by atoms with Crippen molar-refractivity contribution in [3.8, 4) is 0 Å². The molecule has 0 fully saturated rings. The van der Waals surface area contributed by atoms with Gasteiger partial charge in [0.1, 0.15) is 0 Å². The summed E-state index contributed by atoms with van der Waals surface area (Å²) in [5.74, 6) is 2.30. The van der Waals surface area contributed by atoms with Crippen LogP contribution >= 0.6 is 0 Å². The summed E-state index contributed by atoms with van der Waals surface area (Å²) in [5.41, 5.74) is 0. The highest BCUT2D eigenvalue weighted by Gasteiger charge is 2.18. The van der Waals surface area contributed by atoms with Crippen molar-refractivity contribution in [3.63, 3.8) is 0 Å². The monoisotopic (exact) mass is 178 g/mol. The minimum atomic E-state index is 0.313. The van der Waals surface area contributed by atoms with Gasteiger partial charge in [0, 0.05) is 0 Å². The van der Waals surface area contributed by atoms with E-state index in [-0.39, 0.29) is 0 Å². The van der Waals surface area contributed by atoms with Crippen molar-refractivity contribution in [1.29, 1.82) is 0 Å². The SMILES string of the molecule is [B]C(C)C(CC(C)/C=C/C)C(C)C. The number of hydrogen-bond acceptors (Lipinski definition) is 0. The summed E-state index contributed by atoms with van der Waals surface area (Å²) in [6, 6.07) is 0. The van der Waals surface area contributed by atoms with Crippen molar-refractivity contribution in [1.82, 2.24) is 0 Å². The molecule has 0 aliphatic carbocycles. The standard InChI is InChI=1S/C12H23B/c1-6-7-10(4)8-12(9(2)3)11(5)13/h6-7,9-12H,8H2,1-5H3/b7-6+. The van der Waals surface area contributed by atoms with Gasteiger partial charge in [-0.2, -0.15) is 0 Å². The van der Waals surface area contributed by atoms with E-state index in [0.717, 1.165) is 0 Å². The molecule has 2 radical (unpaired) electrons. The molecule has 0 bridgehead atoms. The first-order chi connectivity index (χ1) is 5.99. The van der Waals surface area contributed by atoms with Crippen LogP contribution in [-0.4, -0.2) is 7.85 Å². The van der Waals surface area contributed by atoms with E-state index in [2.05, 4.69) is 46.8 Å². The highest BCUT2D eigenvalue weighted by Crippen LogP contribution is 2.29. The lowest BCUT2D eigenvalue weighted by Gasteiger charge is -2.27. The molecule has 0 aliphatic heterocycles. The van der Waals surface area contributed by atoms with Crippen LogP contribution in [0.25, 0.3) is 0 Å². The fraction of sp³-hybridized carbons (Fsp3) is 0.833. The molecule has 3 atom stereocenters. The smallest absolute Gasteiger partial charge is 0.0699 e. The zero-order chi connectivity index (χ0) is 10.4. The minimum absolute atomic E-state index is 0.313. The van der Waals surface area contributed by atoms with Gasteiger partial charge >= 0.3 is 0 Å². The molecule has 0 heterocycles. The summed E-state index contributed by atoms with van der Waals surface area (Å²) in [6.07, 6.45) is 5.60. The highest BCUT2D eigenvalue weighted by atomic mass is 14.2. The van der Waals surface area contributed by atoms with E-state index in [9.17, 15) is 0 Å². The molecule has 0 amide bonds. The molecule has 0 saturated carbocycles. The molecule has 0 spiro atoms. The lowest BCUT2D eigenvalue weighted by Crippen LogP contribution is -2.16. The topological polar surface area (TPSA) is 0 Å². The van der Waals surface area contributed by atoms with Crippen LogP contribution < -0.4 is 0 Å². The third-order valence-electron chi connectivity index (χ3n) is 2.70. The average molecular weight is 178 g/mol. The van der Waals surface area contributed by atoms with Gasteiger partial charge in [0.15, 0.2) is 0 Å². The molecule has 1 heteroatoms. The van der Waals surface area contributed by atoms with E-state index in [1.54, 1.807) is 0 Å². The van der Waals surface area contributed by atoms with Crippen molar-refractivity contribution in [2.24, 2.45) is 17.8 Å². The number of rotatable bonds is 5. The second-order valence-electron chi connectivity index (χ2n) is 4.51. The minimum Gasteiger partial charge on any atom is -0.0914 e. The fourth-order valence-electron chi connectivity index (χ4n) is 1.93. The Bertz CT molecular complexity index is 139. The van der Waals surface area contributed by atoms with E-state index in [0.29, 0.717) is 23.6 Å². The van der Waals surface area contributed by atoms with Crippen LogP contribution in [-0.2, 0) is 0 Å². The number of allylic oxidation sites excluding steroid dienone is 2. The van der Waals surface area contributed by atoms with Crippen molar-refractivity contribution in [2.45, 2.75) is 46.9 Å². The summed E-state index contributed by atoms with van der Waals surface area (Å²) in [4.78, 5) is 0. The Labute approximate surface area is 85.2 Å². The van der Waals surface area contributed by atoms with Gasteiger partial charge in [-0.05, 0) is 31.1 Å². The molecule has 74 valence electrons. The lowest BCUT2D eigenvalue weighted by atomic mass is 9.69. The van der Waals surface area contributed by atoms with Crippen LogP contribution in [0.5, 0.6) is 0 Å². The molecular formula is C12H23B. The van der Waals surface area contributed by atoms with E-state index >= 15 is 0 Å². The van der Waals surface area contributed by atoms with Gasteiger partial charge in [-0.3, -0.25) is 0 Å². The Morgan fingerprint density at radius 3 is 2.00 bits per heavy atom. The summed E-state index contributed by atoms with van der Waals surface area (Å²) >= 11 is 0. The van der Waals surface area contributed by atoms with Crippen molar-refractivity contribution in [3.05, 3.63) is 12.2 Å². The van der Waals surface area contributed by atoms with E-state index in [1.165, 1.54) is 6.42 Å². The maximum Gasteiger partial charge on any atom is 0.0699 e. The predicted octanol–water partition coefficient (Wildman–Crippen LogP) is 3.84. The van der Waals surface area contributed by atoms with Crippen LogP contribution in [0.3, 0.4) is 0 Å². The third kappa shape index (κ3) is 5.18. The largest absolute Gasteiger partial charge is 0.0914 e. The molecule has 0 aliphatic rings. The molecule has 0 nitrogen and oxygen atoms in total. The Morgan fingerprint density at radius 2 is 1.69 bits per heavy atom. The van der Waals surface area contributed by atoms with Gasteiger partial charge in [0.2, 0.25) is 0 Å². The van der Waals surface area contributed by atoms with Gasteiger partial charge in [0.05, 0.1) is 7.85 Å². The molecule has 0 saturated heterocycles. The quantitative estimate of drug-likeness (QED) is 0.443. The first kappa shape index (κ1) is 12.8. The van der Waals surface area contributed by atoms with Crippen LogP contribution in [0.1, 0.15) is 41.0 Å². The Morgan fingerprint density at radius 1 is 1.15 bits per heavy atom. The molecule has 0 aromatic heterocycles. The second kappa shape index (κ2) is 6.29. The average Bonchev–Trinajstić information content (AvgIpc) is 1.99. The molecule has 0 rings (SSSR count). The van der Waals surface area contributed by atoms with Crippen molar-refractivity contribution >= 4 is 7.85 Å². The molecular weight excluding hydrogens is 155 g/mol. The van der Waals surface area contributed by atoms with Crippen LogP contribution in [0.2, 0.25) is 5.82 Å². The molecule has 0 aromatic rings. The molecule has 3 unspecified atom stereocenters. The summed E-state index contributed by atoms with van der Waals surface area (Å²) in [7, 11) is 5.96. The third-order valence-corrected chi connectivity index (χ3v) is 2.70. The Hall–Kier alpha value is -0.195. The highest BCUT2D eigenvalue weighted by molar-refractivity contribution is 6.11. The molecule has 13 heavy (non-hydrogen) atoms. The van der Waals surface area contributed by atoms with Gasteiger partial charge in [-0.25, -0.2) is 0 Å². The summed E-state index contributed by atoms with van der Waals surface area (Å²) < 4.78 is 0. The van der Waals surface area contributed by atoms with Gasteiger partial charge < -0.3 is 0 Å². The van der Waals surface area contributed by atoms with E-state index in [4.69, 9.17) is 7.85 Å². The van der Waals surface area contributed by atoms with Crippen LogP contribution in [0.15, 0.2) is 12.2 Å². The van der Waals surface area contributed by atoms with E-state index in [1.807, 2.05) is 0 Å². The lowest BCUT2D eigenvalue weighted by molar-refractivity contribution is 0.321. The van der Waals surface area contributed by atoms with Gasteiger partial charge in [-0.1, -0.05) is 45.7 Å². The fourth-order valence-corrected chi connectivity index (χ4v) is 1.93. The first-order valence-electron chi connectivity index (χ1n) is 5.37. The first-order valence-corrected chi connectivity index (χ1v) is 5.37. The van der Waals surface area contributed by atoms with Crippen LogP contribution in [0, 0.1) is 17.8 Å². The van der Waals surface area contributed by atoms with Crippen molar-refractivity contribution in [2.75, 3.05) is 0 Å². The molecule has 0 aromatic carbocycles. The summed E-state index contributed by atoms with van der Waals surface area (Å²) in [6.45, 7) is 11.0. The number of hydrogen-bond donors (Lipinski definition) is 0. The second-order valence-corrected chi connectivity index (χ2v) is 4.51. The van der Waals surface area contributed by atoms with Crippen LogP contribution in [0.4, 0.5) is 0 Å². The molecule has 0 N–H and O–H groups in total. The Kier molecular flexibility index (Phi) is 6.19. The predicted molar refractivity (Wildman–Crippen MR) is 62.1 cm³/mol. The van der Waals surface area contributed by atoms with Crippen molar-refractivity contribution < 1.29 is 0 Å². The summed E-state index contributed by atoms with van der Waals surface area (Å²) in [5, 5.41) is 0.